The molecular formula is C18H22ClFN4O. The number of aromatic nitrogens is 2. The maximum absolute atomic E-state index is 13.1. The van der Waals surface area contributed by atoms with Gasteiger partial charge in [0.1, 0.15) is 5.82 Å². The van der Waals surface area contributed by atoms with Crippen molar-refractivity contribution in [3.05, 3.63) is 52.6 Å². The Morgan fingerprint density at radius 1 is 1.32 bits per heavy atom. The third-order valence-electron chi connectivity index (χ3n) is 5.19. The standard InChI is InChI=1S/C18H21FN4O.ClH/c1-11-8-13(12-2-4-14(19)5-3-12)10-23(11)18(24)17-15-9-20-7-6-16(15)21-22-17;/h2-5,11,13,20H,6-10H2,1H3,(H,21,22);1H. The molecule has 0 radical (unpaired) electrons. The van der Waals surface area contributed by atoms with Gasteiger partial charge in [-0.05, 0) is 31.0 Å². The van der Waals surface area contributed by atoms with Gasteiger partial charge in [0.05, 0.1) is 0 Å². The van der Waals surface area contributed by atoms with E-state index in [-0.39, 0.29) is 36.1 Å². The van der Waals surface area contributed by atoms with Gasteiger partial charge in [-0.3, -0.25) is 9.89 Å². The third-order valence-corrected chi connectivity index (χ3v) is 5.19. The first kappa shape index (κ1) is 17.9. The lowest BCUT2D eigenvalue weighted by Gasteiger charge is -2.22. The van der Waals surface area contributed by atoms with Gasteiger partial charge in [-0.1, -0.05) is 12.1 Å². The Labute approximate surface area is 152 Å². The zero-order valence-corrected chi connectivity index (χ0v) is 14.9. The Kier molecular flexibility index (Phi) is 5.11. The number of rotatable bonds is 2. The number of carbonyl (C=O) groups is 1. The number of nitrogens with zero attached hydrogens (tertiary/aromatic N) is 2. The quantitative estimate of drug-likeness (QED) is 0.861. The van der Waals surface area contributed by atoms with E-state index in [4.69, 9.17) is 0 Å². The van der Waals surface area contributed by atoms with E-state index in [1.54, 1.807) is 0 Å². The molecule has 0 aliphatic carbocycles. The SMILES string of the molecule is CC1CC(c2ccc(F)cc2)CN1C(=O)c1n[nH]c2c1CNCC2.Cl. The molecule has 5 nitrogen and oxygen atoms in total. The number of halogens is 2. The number of fused-ring (bicyclic) bond motifs is 1. The van der Waals surface area contributed by atoms with E-state index in [0.29, 0.717) is 18.8 Å². The zero-order chi connectivity index (χ0) is 16.7. The molecule has 0 bridgehead atoms. The molecular weight excluding hydrogens is 343 g/mol. The lowest BCUT2D eigenvalue weighted by atomic mass is 9.97. The van der Waals surface area contributed by atoms with Crippen molar-refractivity contribution in [2.24, 2.45) is 0 Å². The van der Waals surface area contributed by atoms with E-state index in [2.05, 4.69) is 22.4 Å². The Hall–Kier alpha value is -1.92. The molecule has 0 saturated carbocycles. The highest BCUT2D eigenvalue weighted by Crippen LogP contribution is 2.33. The third kappa shape index (κ3) is 3.28. The minimum Gasteiger partial charge on any atom is -0.334 e. The molecule has 4 rings (SSSR count). The monoisotopic (exact) mass is 364 g/mol. The second-order valence-corrected chi connectivity index (χ2v) is 6.75. The van der Waals surface area contributed by atoms with Crippen LogP contribution in [0.2, 0.25) is 0 Å². The molecule has 2 N–H and O–H groups in total. The molecule has 0 spiro atoms. The van der Waals surface area contributed by atoms with Gasteiger partial charge in [0, 0.05) is 49.3 Å². The molecule has 134 valence electrons. The van der Waals surface area contributed by atoms with Crippen molar-refractivity contribution >= 4 is 18.3 Å². The normalized spacial score (nSPS) is 22.4. The molecule has 1 aromatic carbocycles. The number of likely N-dealkylation sites (tertiary alicyclic amines) is 1. The van der Waals surface area contributed by atoms with Crippen LogP contribution in [0.3, 0.4) is 0 Å². The van der Waals surface area contributed by atoms with Gasteiger partial charge >= 0.3 is 0 Å². The van der Waals surface area contributed by atoms with Crippen molar-refractivity contribution < 1.29 is 9.18 Å². The maximum atomic E-state index is 13.1. The largest absolute Gasteiger partial charge is 0.334 e. The Balaban J connectivity index is 0.00000182. The van der Waals surface area contributed by atoms with Crippen molar-refractivity contribution in [3.8, 4) is 0 Å². The van der Waals surface area contributed by atoms with Crippen LogP contribution in [0.5, 0.6) is 0 Å². The molecule has 2 aliphatic rings. The summed E-state index contributed by atoms with van der Waals surface area (Å²) in [5.41, 5.74) is 3.70. The summed E-state index contributed by atoms with van der Waals surface area (Å²) in [6.07, 6.45) is 1.77. The van der Waals surface area contributed by atoms with Gasteiger partial charge in [-0.25, -0.2) is 4.39 Å². The maximum Gasteiger partial charge on any atom is 0.274 e. The van der Waals surface area contributed by atoms with Gasteiger partial charge in [0.25, 0.3) is 5.91 Å². The Morgan fingerprint density at radius 2 is 2.08 bits per heavy atom. The molecule has 2 aliphatic heterocycles. The number of benzene rings is 1. The fourth-order valence-corrected chi connectivity index (χ4v) is 3.83. The average Bonchev–Trinajstić information content (AvgIpc) is 3.19. The van der Waals surface area contributed by atoms with Crippen LogP contribution in [0, 0.1) is 5.82 Å². The summed E-state index contributed by atoms with van der Waals surface area (Å²) in [6.45, 7) is 4.32. The van der Waals surface area contributed by atoms with Crippen molar-refractivity contribution in [3.63, 3.8) is 0 Å². The van der Waals surface area contributed by atoms with E-state index in [1.807, 2.05) is 17.0 Å². The molecule has 2 unspecified atom stereocenters. The van der Waals surface area contributed by atoms with Gasteiger partial charge in [0.15, 0.2) is 5.69 Å². The Bertz CT molecular complexity index is 761. The molecule has 3 heterocycles. The molecule has 25 heavy (non-hydrogen) atoms. The van der Waals surface area contributed by atoms with Crippen LogP contribution in [-0.2, 0) is 13.0 Å². The second-order valence-electron chi connectivity index (χ2n) is 6.75. The molecule has 1 amide bonds. The number of hydrogen-bond donors (Lipinski definition) is 2. The molecule has 1 fully saturated rings. The zero-order valence-electron chi connectivity index (χ0n) is 14.1. The van der Waals surface area contributed by atoms with Crippen molar-refractivity contribution in [2.45, 2.75) is 38.3 Å². The summed E-state index contributed by atoms with van der Waals surface area (Å²) in [5, 5.41) is 10.6. The fourth-order valence-electron chi connectivity index (χ4n) is 3.83. The van der Waals surface area contributed by atoms with Gasteiger partial charge in [0.2, 0.25) is 0 Å². The highest BCUT2D eigenvalue weighted by atomic mass is 35.5. The van der Waals surface area contributed by atoms with Crippen molar-refractivity contribution in [1.29, 1.82) is 0 Å². The van der Waals surface area contributed by atoms with Crippen LogP contribution in [0.4, 0.5) is 4.39 Å². The summed E-state index contributed by atoms with van der Waals surface area (Å²) < 4.78 is 13.1. The lowest BCUT2D eigenvalue weighted by molar-refractivity contribution is 0.0738. The highest BCUT2D eigenvalue weighted by molar-refractivity contribution is 5.94. The number of amides is 1. The predicted octanol–water partition coefficient (Wildman–Crippen LogP) is 2.63. The number of nitrogens with one attached hydrogen (secondary N) is 2. The van der Waals surface area contributed by atoms with Crippen molar-refractivity contribution in [2.75, 3.05) is 13.1 Å². The first-order valence-electron chi connectivity index (χ1n) is 8.46. The van der Waals surface area contributed by atoms with E-state index in [9.17, 15) is 9.18 Å². The first-order valence-corrected chi connectivity index (χ1v) is 8.46. The van der Waals surface area contributed by atoms with E-state index in [0.717, 1.165) is 36.2 Å². The van der Waals surface area contributed by atoms with E-state index >= 15 is 0 Å². The topological polar surface area (TPSA) is 61.0 Å². The van der Waals surface area contributed by atoms with Crippen LogP contribution < -0.4 is 5.32 Å². The van der Waals surface area contributed by atoms with Crippen LogP contribution in [0.1, 0.15) is 46.6 Å². The van der Waals surface area contributed by atoms with Crippen LogP contribution in [0.25, 0.3) is 0 Å². The van der Waals surface area contributed by atoms with Gasteiger partial charge in [-0.15, -0.1) is 12.4 Å². The van der Waals surface area contributed by atoms with Crippen LogP contribution in [-0.4, -0.2) is 40.1 Å². The summed E-state index contributed by atoms with van der Waals surface area (Å²) in [6, 6.07) is 6.76. The first-order chi connectivity index (χ1) is 11.6. The molecule has 7 heteroatoms. The van der Waals surface area contributed by atoms with Gasteiger partial charge in [-0.2, -0.15) is 5.10 Å². The van der Waals surface area contributed by atoms with Gasteiger partial charge < -0.3 is 10.2 Å². The summed E-state index contributed by atoms with van der Waals surface area (Å²) in [7, 11) is 0. The summed E-state index contributed by atoms with van der Waals surface area (Å²) in [4.78, 5) is 14.9. The fraction of sp³-hybridized carbons (Fsp3) is 0.444. The number of H-pyrrole nitrogens is 1. The summed E-state index contributed by atoms with van der Waals surface area (Å²) in [5.74, 6) is 0.0131. The smallest absolute Gasteiger partial charge is 0.274 e. The molecule has 1 saturated heterocycles. The summed E-state index contributed by atoms with van der Waals surface area (Å²) >= 11 is 0. The molecule has 2 aromatic rings. The minimum atomic E-state index is -0.228. The number of hydrogen-bond acceptors (Lipinski definition) is 3. The minimum absolute atomic E-state index is 0. The lowest BCUT2D eigenvalue weighted by Crippen LogP contribution is -2.35. The average molecular weight is 365 g/mol. The van der Waals surface area contributed by atoms with E-state index in [1.165, 1.54) is 12.1 Å². The van der Waals surface area contributed by atoms with E-state index < -0.39 is 0 Å². The predicted molar refractivity (Wildman–Crippen MR) is 95.5 cm³/mol. The Morgan fingerprint density at radius 3 is 2.84 bits per heavy atom. The second kappa shape index (κ2) is 7.14. The number of carbonyl (C=O) groups excluding carboxylic acids is 1. The number of aromatic amines is 1. The van der Waals surface area contributed by atoms with Crippen molar-refractivity contribution in [1.82, 2.24) is 20.4 Å². The molecule has 2 atom stereocenters. The highest BCUT2D eigenvalue weighted by Gasteiger charge is 2.36. The van der Waals surface area contributed by atoms with Crippen LogP contribution in [0.15, 0.2) is 24.3 Å². The van der Waals surface area contributed by atoms with Crippen LogP contribution >= 0.6 is 12.4 Å². The molecule has 1 aromatic heterocycles.